The Morgan fingerprint density at radius 2 is 1.91 bits per heavy atom. The van der Waals surface area contributed by atoms with Gasteiger partial charge in [0.2, 0.25) is 0 Å². The van der Waals surface area contributed by atoms with E-state index in [2.05, 4.69) is 19.9 Å². The number of para-hydroxylation sites is 2. The molecule has 2 aromatic rings. The van der Waals surface area contributed by atoms with E-state index in [-0.39, 0.29) is 0 Å². The number of pyridine rings is 1. The number of unbranched alkanes of at least 4 members (excludes halogenated alkanes) is 1. The van der Waals surface area contributed by atoms with E-state index in [0.29, 0.717) is 41.0 Å². The Labute approximate surface area is 202 Å². The maximum absolute atomic E-state index is 10.3. The molecule has 34 heavy (non-hydrogen) atoms. The number of nitrogens with zero attached hydrogens (tertiary/aromatic N) is 3. The summed E-state index contributed by atoms with van der Waals surface area (Å²) in [4.78, 5) is 1.84. The van der Waals surface area contributed by atoms with Crippen molar-refractivity contribution in [1.82, 2.24) is 4.81 Å². The van der Waals surface area contributed by atoms with E-state index in [4.69, 9.17) is 14.0 Å². The lowest BCUT2D eigenvalue weighted by Gasteiger charge is -2.25. The van der Waals surface area contributed by atoms with Gasteiger partial charge in [-0.1, -0.05) is 51.3 Å². The van der Waals surface area contributed by atoms with Crippen LogP contribution in [0.2, 0.25) is 0 Å². The quantitative estimate of drug-likeness (QED) is 0.296. The van der Waals surface area contributed by atoms with Gasteiger partial charge in [0, 0.05) is 6.07 Å². The Bertz CT molecular complexity index is 1130. The summed E-state index contributed by atoms with van der Waals surface area (Å²) >= 11 is 0. The highest BCUT2D eigenvalue weighted by atomic mass is 16.6. The molecule has 7 heteroatoms. The second-order valence-corrected chi connectivity index (χ2v) is 8.53. The van der Waals surface area contributed by atoms with Crippen molar-refractivity contribution in [2.75, 3.05) is 6.61 Å². The van der Waals surface area contributed by atoms with Crippen molar-refractivity contribution >= 4 is 12.8 Å². The number of allylic oxidation sites excluding steroid dienone is 4. The van der Waals surface area contributed by atoms with Gasteiger partial charge < -0.3 is 18.9 Å². The molecule has 4 rings (SSSR count). The first-order valence-electron chi connectivity index (χ1n) is 12.0. The lowest BCUT2D eigenvalue weighted by Crippen LogP contribution is -2.43. The fourth-order valence-corrected chi connectivity index (χ4v) is 4.19. The molecule has 0 amide bonds. The molecule has 2 aliphatic rings. The van der Waals surface area contributed by atoms with Crippen LogP contribution in [0.4, 0.5) is 0 Å². The third-order valence-corrected chi connectivity index (χ3v) is 6.19. The lowest BCUT2D eigenvalue weighted by molar-refractivity contribution is -0.674. The number of aromatic nitrogens is 1. The summed E-state index contributed by atoms with van der Waals surface area (Å²) in [5, 5.41) is 10.3. The first kappa shape index (κ1) is 23.5. The van der Waals surface area contributed by atoms with Gasteiger partial charge in [0.25, 0.3) is 5.69 Å². The molecular weight excluding hydrogens is 425 g/mol. The van der Waals surface area contributed by atoms with Crippen LogP contribution < -0.4 is 18.6 Å². The summed E-state index contributed by atoms with van der Waals surface area (Å²) in [6, 6.07) is 13.9. The topological polar surface area (TPSA) is 58.6 Å². The summed E-state index contributed by atoms with van der Waals surface area (Å²) in [6.45, 7) is 5.04. The second kappa shape index (κ2) is 11.0. The van der Waals surface area contributed by atoms with Crippen LogP contribution in [0.15, 0.2) is 72.7 Å². The molecule has 2 aliphatic heterocycles. The summed E-state index contributed by atoms with van der Waals surface area (Å²) < 4.78 is 20.3. The highest BCUT2D eigenvalue weighted by Crippen LogP contribution is 2.36. The molecule has 0 saturated carbocycles. The molecule has 3 heterocycles. The van der Waals surface area contributed by atoms with Crippen LogP contribution in [0, 0.1) is 17.2 Å². The minimum Gasteiger partial charge on any atom is -0.503 e. The molecule has 0 saturated heterocycles. The molecule has 1 aromatic carbocycles. The lowest BCUT2D eigenvalue weighted by atomic mass is 9.97. The summed E-state index contributed by atoms with van der Waals surface area (Å²) in [7, 11) is 1.23. The standard InChI is InChI=1S/C27H31BN3O3/c1-4-6-12-21(5-2)20-32-26-16-11-17-30(3)27(26)22(19-29)23-13-9-10-18-31(23)28-33-24-14-7-8-15-25(24)34-28/h7-11,13-18,21H,4-6,12,20H2,1-3H3/q+1. The fourth-order valence-electron chi connectivity index (χ4n) is 4.19. The highest BCUT2D eigenvalue weighted by molar-refractivity contribution is 6.45. The van der Waals surface area contributed by atoms with Crippen LogP contribution >= 0.6 is 0 Å². The average molecular weight is 456 g/mol. The maximum Gasteiger partial charge on any atom is 0.742 e. The van der Waals surface area contributed by atoms with Crippen molar-refractivity contribution in [2.24, 2.45) is 13.0 Å². The van der Waals surface area contributed by atoms with Gasteiger partial charge in [-0.2, -0.15) is 9.83 Å². The van der Waals surface area contributed by atoms with E-state index in [1.165, 1.54) is 12.8 Å². The summed E-state index contributed by atoms with van der Waals surface area (Å²) in [6.07, 6.45) is 14.1. The first-order valence-corrected chi connectivity index (χ1v) is 12.0. The van der Waals surface area contributed by atoms with E-state index >= 15 is 0 Å². The first-order chi connectivity index (χ1) is 16.7. The van der Waals surface area contributed by atoms with E-state index in [1.807, 2.05) is 83.4 Å². The monoisotopic (exact) mass is 456 g/mol. The van der Waals surface area contributed by atoms with Crippen LogP contribution in [-0.2, 0) is 7.05 Å². The van der Waals surface area contributed by atoms with Crippen LogP contribution in [0.5, 0.6) is 17.2 Å². The predicted octanol–water partition coefficient (Wildman–Crippen LogP) is 5.18. The van der Waals surface area contributed by atoms with Crippen molar-refractivity contribution in [3.8, 4) is 23.3 Å². The molecule has 1 atom stereocenters. The van der Waals surface area contributed by atoms with E-state index in [9.17, 15) is 5.26 Å². The van der Waals surface area contributed by atoms with E-state index in [1.54, 1.807) is 0 Å². The second-order valence-electron chi connectivity index (χ2n) is 8.53. The summed E-state index contributed by atoms with van der Waals surface area (Å²) in [5.41, 5.74) is 1.90. The largest absolute Gasteiger partial charge is 0.742 e. The Kier molecular flexibility index (Phi) is 7.59. The average Bonchev–Trinajstić information content (AvgIpc) is 3.30. The van der Waals surface area contributed by atoms with Crippen molar-refractivity contribution in [3.63, 3.8) is 0 Å². The van der Waals surface area contributed by atoms with Crippen LogP contribution in [0.1, 0.15) is 45.2 Å². The third kappa shape index (κ3) is 4.96. The molecule has 0 spiro atoms. The Hall–Kier alpha value is -3.66. The molecular formula is C27H31BN3O3+. The van der Waals surface area contributed by atoms with E-state index < -0.39 is 7.25 Å². The van der Waals surface area contributed by atoms with Gasteiger partial charge in [0.1, 0.15) is 24.6 Å². The molecule has 0 N–H and O–H groups in total. The number of hydrogen-bond acceptors (Lipinski definition) is 5. The van der Waals surface area contributed by atoms with Crippen molar-refractivity contribution in [3.05, 3.63) is 78.4 Å². The summed E-state index contributed by atoms with van der Waals surface area (Å²) in [5.74, 6) is 2.55. The van der Waals surface area contributed by atoms with Crippen molar-refractivity contribution < 1.29 is 18.6 Å². The minimum atomic E-state index is -0.700. The number of rotatable bonds is 9. The molecule has 174 valence electrons. The van der Waals surface area contributed by atoms with Gasteiger partial charge in [-0.3, -0.25) is 0 Å². The number of ether oxygens (including phenoxy) is 1. The zero-order valence-electron chi connectivity index (χ0n) is 20.1. The molecule has 0 bridgehead atoms. The van der Waals surface area contributed by atoms with Gasteiger partial charge >= 0.3 is 7.25 Å². The predicted molar refractivity (Wildman–Crippen MR) is 133 cm³/mol. The van der Waals surface area contributed by atoms with Gasteiger partial charge in [-0.25, -0.2) is 0 Å². The zero-order chi connectivity index (χ0) is 23.9. The smallest absolute Gasteiger partial charge is 0.503 e. The molecule has 1 aromatic heterocycles. The SMILES string of the molecule is CCCCC(CC)COc1ccc[n+](C)c1C(C#N)=C1C=CC=CN1B1Oc2ccccc2O1. The van der Waals surface area contributed by atoms with Crippen molar-refractivity contribution in [2.45, 2.75) is 39.5 Å². The van der Waals surface area contributed by atoms with Crippen LogP contribution in [0.3, 0.4) is 0 Å². The number of aryl methyl sites for hydroxylation is 1. The number of nitriles is 1. The fraction of sp³-hybridized carbons (Fsp3) is 0.333. The highest BCUT2D eigenvalue weighted by Gasteiger charge is 2.42. The third-order valence-electron chi connectivity index (χ3n) is 6.19. The van der Waals surface area contributed by atoms with Gasteiger partial charge in [-0.15, -0.1) is 0 Å². The van der Waals surface area contributed by atoms with Crippen LogP contribution in [0.25, 0.3) is 5.57 Å². The van der Waals surface area contributed by atoms with Gasteiger partial charge in [0.05, 0.1) is 12.3 Å². The molecule has 6 nitrogen and oxygen atoms in total. The maximum atomic E-state index is 10.3. The Balaban J connectivity index is 1.66. The minimum absolute atomic E-state index is 0.489. The van der Waals surface area contributed by atoms with Crippen molar-refractivity contribution in [1.29, 1.82) is 5.26 Å². The molecule has 1 unspecified atom stereocenters. The van der Waals surface area contributed by atoms with E-state index in [0.717, 1.165) is 18.5 Å². The number of benzene rings is 1. The van der Waals surface area contributed by atoms with Gasteiger partial charge in [-0.05, 0) is 48.9 Å². The molecule has 0 aliphatic carbocycles. The van der Waals surface area contributed by atoms with Crippen LogP contribution in [-0.4, -0.2) is 18.7 Å². The Morgan fingerprint density at radius 3 is 2.59 bits per heavy atom. The normalized spacial score (nSPS) is 16.4. The number of fused-ring (bicyclic) bond motifs is 1. The zero-order valence-corrected chi connectivity index (χ0v) is 20.1. The molecule has 0 radical (unpaired) electrons. The number of hydrogen-bond donors (Lipinski definition) is 0. The van der Waals surface area contributed by atoms with Gasteiger partial charge in [0.15, 0.2) is 17.5 Å². The molecule has 0 fully saturated rings. The Morgan fingerprint density at radius 1 is 1.15 bits per heavy atom.